The third kappa shape index (κ3) is 7.42. The highest BCUT2D eigenvalue weighted by molar-refractivity contribution is 5.93. The van der Waals surface area contributed by atoms with Crippen LogP contribution in [0.3, 0.4) is 0 Å². The molecule has 3 aliphatic carbocycles. The molecule has 0 aromatic heterocycles. The van der Waals surface area contributed by atoms with E-state index in [-0.39, 0.29) is 51.4 Å². The van der Waals surface area contributed by atoms with Crippen LogP contribution in [-0.4, -0.2) is 55.6 Å². The first-order valence-corrected chi connectivity index (χ1v) is 17.0. The second kappa shape index (κ2) is 13.6. The van der Waals surface area contributed by atoms with Crippen molar-refractivity contribution in [3.05, 3.63) is 37.0 Å². The van der Waals surface area contributed by atoms with Gasteiger partial charge < -0.3 is 14.4 Å². The summed E-state index contributed by atoms with van der Waals surface area (Å²) >= 11 is 0. The van der Waals surface area contributed by atoms with Crippen LogP contribution in [0, 0.1) is 57.2 Å². The van der Waals surface area contributed by atoms with Gasteiger partial charge in [0.05, 0.1) is 37.2 Å². The predicted octanol–water partition coefficient (Wildman–Crippen LogP) is 7.70. The van der Waals surface area contributed by atoms with Crippen molar-refractivity contribution >= 4 is 11.8 Å². The Hall–Kier alpha value is -2.23. The van der Waals surface area contributed by atoms with Gasteiger partial charge in [0.2, 0.25) is 0 Å². The minimum Gasteiger partial charge on any atom is -0.469 e. The molecule has 4 fully saturated rings. The number of ketones is 1. The van der Waals surface area contributed by atoms with E-state index in [0.717, 1.165) is 76.6 Å². The summed E-state index contributed by atoms with van der Waals surface area (Å²) in [6.07, 6.45) is 15.0. The first-order valence-electron chi connectivity index (χ1n) is 17.0. The lowest BCUT2D eigenvalue weighted by Crippen LogP contribution is -2.53. The van der Waals surface area contributed by atoms with Gasteiger partial charge in [-0.2, -0.15) is 5.26 Å². The zero-order chi connectivity index (χ0) is 32.3. The van der Waals surface area contributed by atoms with Gasteiger partial charge in [-0.25, -0.2) is 0 Å². The minimum atomic E-state index is -0.295. The van der Waals surface area contributed by atoms with Gasteiger partial charge in [-0.3, -0.25) is 9.59 Å². The minimum absolute atomic E-state index is 0.0124. The Morgan fingerprint density at radius 1 is 1.11 bits per heavy atom. The smallest absolute Gasteiger partial charge is 0.308 e. The summed E-state index contributed by atoms with van der Waals surface area (Å²) in [6.45, 7) is 22.5. The zero-order valence-electron chi connectivity index (χ0n) is 28.5. The Morgan fingerprint density at radius 3 is 2.36 bits per heavy atom. The molecule has 244 valence electrons. The van der Waals surface area contributed by atoms with Crippen LogP contribution >= 0.6 is 0 Å². The molecule has 0 spiro atoms. The zero-order valence-corrected chi connectivity index (χ0v) is 28.5. The van der Waals surface area contributed by atoms with Crippen molar-refractivity contribution < 1.29 is 19.1 Å². The molecule has 5 unspecified atom stereocenters. The first-order chi connectivity index (χ1) is 20.7. The second-order valence-corrected chi connectivity index (χ2v) is 16.0. The molecule has 4 aliphatic rings. The molecule has 0 aromatic rings. The summed E-state index contributed by atoms with van der Waals surface area (Å²) in [6, 6.07) is 2.51. The molecule has 6 nitrogen and oxygen atoms in total. The van der Waals surface area contributed by atoms with Crippen molar-refractivity contribution in [2.24, 2.45) is 45.8 Å². The number of likely N-dealkylation sites (tertiary alicyclic amines) is 1. The van der Waals surface area contributed by atoms with Crippen molar-refractivity contribution in [3.8, 4) is 6.07 Å². The van der Waals surface area contributed by atoms with E-state index in [9.17, 15) is 14.9 Å². The van der Waals surface area contributed by atoms with Gasteiger partial charge in [0, 0.05) is 12.5 Å². The van der Waals surface area contributed by atoms with E-state index in [4.69, 9.17) is 9.47 Å². The van der Waals surface area contributed by atoms with Crippen molar-refractivity contribution in [1.82, 2.24) is 4.90 Å². The molecule has 1 heterocycles. The van der Waals surface area contributed by atoms with Crippen molar-refractivity contribution in [1.29, 1.82) is 5.26 Å². The van der Waals surface area contributed by atoms with Crippen molar-refractivity contribution in [3.63, 3.8) is 0 Å². The van der Waals surface area contributed by atoms with Gasteiger partial charge in [0.1, 0.15) is 0 Å². The third-order valence-corrected chi connectivity index (χ3v) is 12.1. The average molecular weight is 607 g/mol. The van der Waals surface area contributed by atoms with Gasteiger partial charge in [-0.05, 0) is 125 Å². The van der Waals surface area contributed by atoms with E-state index >= 15 is 0 Å². The number of allylic oxidation sites excluding steroid dienone is 4. The van der Waals surface area contributed by atoms with Crippen LogP contribution in [0.2, 0.25) is 0 Å². The van der Waals surface area contributed by atoms with Gasteiger partial charge >= 0.3 is 5.97 Å². The van der Waals surface area contributed by atoms with Crippen LogP contribution in [0.4, 0.5) is 0 Å². The monoisotopic (exact) mass is 606 g/mol. The Bertz CT molecular complexity index is 1160. The highest BCUT2D eigenvalue weighted by Gasteiger charge is 2.59. The fourth-order valence-corrected chi connectivity index (χ4v) is 9.77. The number of rotatable bonds is 14. The molecule has 6 heteroatoms. The SMILES string of the molecule is C=CCC(C(=O)/C=C(/C)[C@H](C#N)C[C@]1(C=C)CC1(C)C)C12CC(C)CC(CC(C)(OCCN3CCC(C(=O)OC)CC3)C1)C2. The molecule has 0 radical (unpaired) electrons. The average Bonchev–Trinajstić information content (AvgIpc) is 3.53. The molecule has 0 N–H and O–H groups in total. The largest absolute Gasteiger partial charge is 0.469 e. The normalized spacial score (nSPS) is 35.2. The van der Waals surface area contributed by atoms with Gasteiger partial charge in [0.25, 0.3) is 0 Å². The summed E-state index contributed by atoms with van der Waals surface area (Å²) in [4.78, 5) is 28.6. The van der Waals surface area contributed by atoms with Crippen LogP contribution < -0.4 is 0 Å². The number of hydrogen-bond donors (Lipinski definition) is 0. The van der Waals surface area contributed by atoms with Crippen LogP contribution in [0.25, 0.3) is 0 Å². The molecule has 44 heavy (non-hydrogen) atoms. The van der Waals surface area contributed by atoms with Crippen molar-refractivity contribution in [2.45, 2.75) is 104 Å². The van der Waals surface area contributed by atoms with E-state index in [1.54, 1.807) is 0 Å². The molecule has 0 amide bonds. The fraction of sp³-hybridized carbons (Fsp3) is 0.763. The molecule has 4 rings (SSSR count). The Labute approximate surface area is 267 Å². The van der Waals surface area contributed by atoms with Gasteiger partial charge in [-0.15, -0.1) is 13.2 Å². The summed E-state index contributed by atoms with van der Waals surface area (Å²) in [7, 11) is 1.47. The van der Waals surface area contributed by atoms with Crippen LogP contribution in [0.1, 0.15) is 98.8 Å². The topological polar surface area (TPSA) is 79.6 Å². The van der Waals surface area contributed by atoms with E-state index in [2.05, 4.69) is 51.8 Å². The summed E-state index contributed by atoms with van der Waals surface area (Å²) in [5, 5.41) is 10.1. The Kier molecular flexibility index (Phi) is 10.7. The number of carbonyl (C=O) groups excluding carboxylic acids is 2. The molecule has 1 saturated heterocycles. The number of piperidine rings is 1. The number of hydrogen-bond acceptors (Lipinski definition) is 6. The Morgan fingerprint density at radius 2 is 1.80 bits per heavy atom. The highest BCUT2D eigenvalue weighted by Crippen LogP contribution is 2.67. The summed E-state index contributed by atoms with van der Waals surface area (Å²) < 4.78 is 11.7. The number of ether oxygens (including phenoxy) is 2. The number of carbonyl (C=O) groups is 2. The lowest BCUT2D eigenvalue weighted by atomic mass is 9.50. The van der Waals surface area contributed by atoms with E-state index < -0.39 is 0 Å². The van der Waals surface area contributed by atoms with E-state index in [1.165, 1.54) is 13.5 Å². The standard InChI is InChI=1S/C38H58N2O4/c1-9-11-32(33(41)19-28(4)31(24-39)23-38(10-2)25-35(38,5)6)37-20-27(3)18-29(22-37)21-36(7,26-37)44-17-16-40-14-12-30(13-15-40)34(42)43-8/h9-10,19,27,29-32H,1-2,11-18,20-23,25-26H2,3-8H3/b28-19-/t27?,29?,31-,32?,36?,37?,38+/m0/s1. The molecule has 0 aromatic carbocycles. The number of fused-ring (bicyclic) bond motifs is 2. The molecule has 7 atom stereocenters. The van der Waals surface area contributed by atoms with Gasteiger partial charge in [-0.1, -0.05) is 38.5 Å². The lowest BCUT2D eigenvalue weighted by molar-refractivity contribution is -0.156. The predicted molar refractivity (Wildman–Crippen MR) is 176 cm³/mol. The maximum absolute atomic E-state index is 14.2. The number of methoxy groups -OCH3 is 1. The summed E-state index contributed by atoms with van der Waals surface area (Å²) in [5.74, 6) is 0.716. The number of nitrogens with zero attached hydrogens (tertiary/aromatic N) is 2. The molecular weight excluding hydrogens is 548 g/mol. The fourth-order valence-electron chi connectivity index (χ4n) is 9.77. The van der Waals surface area contributed by atoms with Crippen LogP contribution in [0.5, 0.6) is 0 Å². The molecule has 1 aliphatic heterocycles. The first kappa shape index (κ1) is 34.6. The molecule has 3 saturated carbocycles. The van der Waals surface area contributed by atoms with Gasteiger partial charge in [0.15, 0.2) is 5.78 Å². The molecule has 2 bridgehead atoms. The van der Waals surface area contributed by atoms with Crippen LogP contribution in [0.15, 0.2) is 37.0 Å². The summed E-state index contributed by atoms with van der Waals surface area (Å²) in [5.41, 5.74) is 0.570. The number of nitriles is 1. The van der Waals surface area contributed by atoms with Crippen LogP contribution in [-0.2, 0) is 19.1 Å². The molecular formula is C38H58N2O4. The highest BCUT2D eigenvalue weighted by atomic mass is 16.5. The van der Waals surface area contributed by atoms with Crippen molar-refractivity contribution in [2.75, 3.05) is 33.4 Å². The van der Waals surface area contributed by atoms with E-state index in [0.29, 0.717) is 24.9 Å². The lowest BCUT2D eigenvalue weighted by Gasteiger charge is -2.56. The maximum Gasteiger partial charge on any atom is 0.308 e. The Balaban J connectivity index is 1.46. The maximum atomic E-state index is 14.2. The quantitative estimate of drug-likeness (QED) is 0.115. The number of esters is 1. The van der Waals surface area contributed by atoms with E-state index in [1.807, 2.05) is 25.2 Å². The second-order valence-electron chi connectivity index (χ2n) is 16.0. The third-order valence-electron chi connectivity index (χ3n) is 12.1.